The molecule has 1 amide bonds. The van der Waals surface area contributed by atoms with Crippen molar-refractivity contribution in [2.24, 2.45) is 0 Å². The zero-order valence-corrected chi connectivity index (χ0v) is 11.2. The van der Waals surface area contributed by atoms with Crippen molar-refractivity contribution >= 4 is 37.8 Å². The van der Waals surface area contributed by atoms with Crippen LogP contribution < -0.4 is 10.1 Å². The van der Waals surface area contributed by atoms with Gasteiger partial charge < -0.3 is 10.1 Å². The van der Waals surface area contributed by atoms with Gasteiger partial charge in [-0.2, -0.15) is 0 Å². The molecule has 0 aromatic heterocycles. The maximum Gasteiger partial charge on any atom is 0.230 e. The molecule has 3 nitrogen and oxygen atoms in total. The van der Waals surface area contributed by atoms with E-state index >= 15 is 0 Å². The van der Waals surface area contributed by atoms with Crippen LogP contribution in [0.1, 0.15) is 0 Å². The van der Waals surface area contributed by atoms with Gasteiger partial charge in [-0.15, -0.1) is 0 Å². The van der Waals surface area contributed by atoms with E-state index in [1.807, 2.05) is 24.3 Å². The monoisotopic (exact) mass is 335 g/mol. The van der Waals surface area contributed by atoms with E-state index in [4.69, 9.17) is 4.74 Å². The number of halogens is 2. The summed E-state index contributed by atoms with van der Waals surface area (Å²) in [6.45, 7) is 0.965. The molecule has 0 fully saturated rings. The predicted octanol–water partition coefficient (Wildman–Crippen LogP) is 2.34. The number of hydrogen-bond donors (Lipinski definition) is 1. The molecule has 0 radical (unpaired) electrons. The van der Waals surface area contributed by atoms with Crippen molar-refractivity contribution in [2.75, 3.05) is 18.5 Å². The summed E-state index contributed by atoms with van der Waals surface area (Å²) in [5.41, 5.74) is 0. The Morgan fingerprint density at radius 3 is 2.80 bits per heavy atom. The predicted molar refractivity (Wildman–Crippen MR) is 66.4 cm³/mol. The number of carbonyl (C=O) groups is 1. The summed E-state index contributed by atoms with van der Waals surface area (Å²) in [5, 5.41) is 3.02. The number of nitrogens with one attached hydrogen (secondary N) is 1. The summed E-state index contributed by atoms with van der Waals surface area (Å²) in [5.74, 6) is 0.747. The third kappa shape index (κ3) is 4.66. The first-order chi connectivity index (χ1) is 7.24. The number of alkyl halides is 1. The summed E-state index contributed by atoms with van der Waals surface area (Å²) >= 11 is 6.43. The van der Waals surface area contributed by atoms with Gasteiger partial charge in [-0.3, -0.25) is 4.79 Å². The van der Waals surface area contributed by atoms with Gasteiger partial charge in [0.25, 0.3) is 0 Å². The molecule has 0 spiro atoms. The fourth-order valence-electron chi connectivity index (χ4n) is 0.960. The summed E-state index contributed by atoms with van der Waals surface area (Å²) in [6.07, 6.45) is 0. The second-order valence-electron chi connectivity index (χ2n) is 2.76. The summed E-state index contributed by atoms with van der Waals surface area (Å²) in [6, 6.07) is 7.60. The molecule has 0 unspecified atom stereocenters. The van der Waals surface area contributed by atoms with E-state index < -0.39 is 0 Å². The van der Waals surface area contributed by atoms with Gasteiger partial charge in [-0.1, -0.05) is 28.1 Å². The SMILES string of the molecule is O=C(CBr)NCCOc1ccccc1Br. The summed E-state index contributed by atoms with van der Waals surface area (Å²) < 4.78 is 6.37. The Bertz CT molecular complexity index is 331. The molecular weight excluding hydrogens is 326 g/mol. The summed E-state index contributed by atoms with van der Waals surface area (Å²) in [4.78, 5) is 10.9. The minimum Gasteiger partial charge on any atom is -0.491 e. The van der Waals surface area contributed by atoms with Crippen LogP contribution in [0.3, 0.4) is 0 Å². The highest BCUT2D eigenvalue weighted by atomic mass is 79.9. The molecule has 0 aliphatic heterocycles. The molecule has 1 aromatic carbocycles. The topological polar surface area (TPSA) is 38.3 Å². The largest absolute Gasteiger partial charge is 0.491 e. The Morgan fingerprint density at radius 1 is 1.40 bits per heavy atom. The Kier molecular flexibility index (Phi) is 5.71. The van der Waals surface area contributed by atoms with Crippen LogP contribution in [0, 0.1) is 0 Å². The van der Waals surface area contributed by atoms with Gasteiger partial charge in [0.1, 0.15) is 12.4 Å². The first-order valence-corrected chi connectivity index (χ1v) is 6.35. The molecule has 0 atom stereocenters. The molecule has 1 aromatic rings. The van der Waals surface area contributed by atoms with E-state index in [0.29, 0.717) is 18.5 Å². The fraction of sp³-hybridized carbons (Fsp3) is 0.300. The molecule has 0 aliphatic rings. The number of hydrogen-bond acceptors (Lipinski definition) is 2. The molecule has 1 rings (SSSR count). The molecule has 0 bridgehead atoms. The third-order valence-corrected chi connectivity index (χ3v) is 2.80. The maximum atomic E-state index is 10.9. The van der Waals surface area contributed by atoms with Crippen LogP contribution in [-0.2, 0) is 4.79 Å². The lowest BCUT2D eigenvalue weighted by atomic mass is 10.3. The van der Waals surface area contributed by atoms with Gasteiger partial charge in [0.2, 0.25) is 5.91 Å². The first kappa shape index (κ1) is 12.5. The van der Waals surface area contributed by atoms with Crippen LogP contribution in [0.15, 0.2) is 28.7 Å². The zero-order chi connectivity index (χ0) is 11.1. The van der Waals surface area contributed by atoms with Crippen LogP contribution in [0.25, 0.3) is 0 Å². The molecule has 5 heteroatoms. The number of amides is 1. The maximum absolute atomic E-state index is 10.9. The fourth-order valence-corrected chi connectivity index (χ4v) is 1.56. The van der Waals surface area contributed by atoms with E-state index in [-0.39, 0.29) is 5.91 Å². The Labute approximate surface area is 105 Å². The van der Waals surface area contributed by atoms with Crippen molar-refractivity contribution in [1.29, 1.82) is 0 Å². The molecular formula is C10H11Br2NO2. The van der Waals surface area contributed by atoms with E-state index in [1.165, 1.54) is 0 Å². The van der Waals surface area contributed by atoms with Gasteiger partial charge in [-0.25, -0.2) is 0 Å². The lowest BCUT2D eigenvalue weighted by Gasteiger charge is -2.08. The van der Waals surface area contributed by atoms with Crippen molar-refractivity contribution in [2.45, 2.75) is 0 Å². The number of ether oxygens (including phenoxy) is 1. The molecule has 0 aliphatic carbocycles. The van der Waals surface area contributed by atoms with Crippen molar-refractivity contribution in [3.63, 3.8) is 0 Å². The normalized spacial score (nSPS) is 9.73. The highest BCUT2D eigenvalue weighted by Gasteiger charge is 1.99. The lowest BCUT2D eigenvalue weighted by molar-refractivity contribution is -0.118. The average molecular weight is 337 g/mol. The Hall–Kier alpha value is -0.550. The highest BCUT2D eigenvalue weighted by Crippen LogP contribution is 2.23. The van der Waals surface area contributed by atoms with Crippen LogP contribution >= 0.6 is 31.9 Å². The van der Waals surface area contributed by atoms with Crippen molar-refractivity contribution in [1.82, 2.24) is 5.32 Å². The molecule has 0 heterocycles. The molecule has 15 heavy (non-hydrogen) atoms. The minimum absolute atomic E-state index is 0.0364. The van der Waals surface area contributed by atoms with Crippen molar-refractivity contribution in [3.8, 4) is 5.75 Å². The minimum atomic E-state index is -0.0364. The molecule has 0 saturated carbocycles. The number of benzene rings is 1. The van der Waals surface area contributed by atoms with Gasteiger partial charge in [0.05, 0.1) is 16.3 Å². The van der Waals surface area contributed by atoms with Crippen LogP contribution in [0.2, 0.25) is 0 Å². The Balaban J connectivity index is 2.26. The smallest absolute Gasteiger partial charge is 0.230 e. The van der Waals surface area contributed by atoms with Crippen molar-refractivity contribution in [3.05, 3.63) is 28.7 Å². The van der Waals surface area contributed by atoms with E-state index in [2.05, 4.69) is 37.2 Å². The molecule has 0 saturated heterocycles. The number of para-hydroxylation sites is 1. The van der Waals surface area contributed by atoms with Crippen LogP contribution in [-0.4, -0.2) is 24.4 Å². The van der Waals surface area contributed by atoms with Gasteiger partial charge in [-0.05, 0) is 28.1 Å². The number of rotatable bonds is 5. The van der Waals surface area contributed by atoms with E-state index in [9.17, 15) is 4.79 Å². The van der Waals surface area contributed by atoms with Crippen LogP contribution in [0.4, 0.5) is 0 Å². The van der Waals surface area contributed by atoms with Crippen LogP contribution in [0.5, 0.6) is 5.75 Å². The van der Waals surface area contributed by atoms with Gasteiger partial charge >= 0.3 is 0 Å². The van der Waals surface area contributed by atoms with E-state index in [0.717, 1.165) is 10.2 Å². The summed E-state index contributed by atoms with van der Waals surface area (Å²) in [7, 11) is 0. The molecule has 82 valence electrons. The standard InChI is InChI=1S/C10H11Br2NO2/c11-7-10(14)13-5-6-15-9-4-2-1-3-8(9)12/h1-4H,5-7H2,(H,13,14). The van der Waals surface area contributed by atoms with Gasteiger partial charge in [0.15, 0.2) is 0 Å². The van der Waals surface area contributed by atoms with Crippen molar-refractivity contribution < 1.29 is 9.53 Å². The quantitative estimate of drug-likeness (QED) is 0.662. The number of carbonyl (C=O) groups excluding carboxylic acids is 1. The Morgan fingerprint density at radius 2 is 2.13 bits per heavy atom. The zero-order valence-electron chi connectivity index (χ0n) is 8.00. The second-order valence-corrected chi connectivity index (χ2v) is 4.18. The van der Waals surface area contributed by atoms with E-state index in [1.54, 1.807) is 0 Å². The second kappa shape index (κ2) is 6.85. The average Bonchev–Trinajstić information content (AvgIpc) is 2.26. The lowest BCUT2D eigenvalue weighted by Crippen LogP contribution is -2.28. The molecule has 1 N–H and O–H groups in total. The van der Waals surface area contributed by atoms with Gasteiger partial charge in [0, 0.05) is 0 Å². The highest BCUT2D eigenvalue weighted by molar-refractivity contribution is 9.10. The first-order valence-electron chi connectivity index (χ1n) is 4.44. The third-order valence-electron chi connectivity index (χ3n) is 1.64.